The molecule has 0 saturated carbocycles. The number of nitrogens with one attached hydrogen (secondary N) is 2. The summed E-state index contributed by atoms with van der Waals surface area (Å²) in [7, 11) is 1.96. The summed E-state index contributed by atoms with van der Waals surface area (Å²) in [5.74, 6) is 0. The average molecular weight is 379 g/mol. The van der Waals surface area contributed by atoms with Gasteiger partial charge in [-0.15, -0.1) is 0 Å². The van der Waals surface area contributed by atoms with Crippen molar-refractivity contribution >= 4 is 28.2 Å². The molecule has 0 aliphatic rings. The molecule has 4 aromatic rings. The number of imidazole rings is 1. The van der Waals surface area contributed by atoms with Gasteiger partial charge in [-0.1, -0.05) is 23.7 Å². The Morgan fingerprint density at radius 3 is 2.81 bits per heavy atom. The van der Waals surface area contributed by atoms with Gasteiger partial charge in [0.15, 0.2) is 0 Å². The Morgan fingerprint density at radius 1 is 1.19 bits per heavy atom. The summed E-state index contributed by atoms with van der Waals surface area (Å²) in [6.45, 7) is 1.97. The fourth-order valence-corrected chi connectivity index (χ4v) is 3.43. The molecule has 1 atom stereocenters. The second-order valence-corrected chi connectivity index (χ2v) is 7.06. The Hall–Kier alpha value is -3.05. The molecule has 5 nitrogen and oxygen atoms in total. The van der Waals surface area contributed by atoms with Crippen molar-refractivity contribution < 1.29 is 0 Å². The number of H-pyrrole nitrogens is 1. The number of fused-ring (bicyclic) bond motifs is 1. The topological polar surface area (TPSA) is 62.7 Å². The highest BCUT2D eigenvalue weighted by atomic mass is 35.5. The van der Waals surface area contributed by atoms with E-state index in [2.05, 4.69) is 21.4 Å². The van der Waals surface area contributed by atoms with Crippen LogP contribution in [0.25, 0.3) is 22.2 Å². The lowest BCUT2D eigenvalue weighted by Gasteiger charge is -2.16. The predicted octanol–water partition coefficient (Wildman–Crippen LogP) is 4.76. The maximum atomic E-state index is 12.5. The molecule has 2 aromatic heterocycles. The molecule has 0 amide bonds. The molecule has 27 heavy (non-hydrogen) atoms. The highest BCUT2D eigenvalue weighted by Crippen LogP contribution is 2.25. The molecule has 0 fully saturated rings. The highest BCUT2D eigenvalue weighted by Gasteiger charge is 2.12. The van der Waals surface area contributed by atoms with E-state index in [0.29, 0.717) is 10.6 Å². The number of rotatable bonds is 4. The molecule has 136 valence electrons. The first-order valence-electron chi connectivity index (χ1n) is 8.67. The summed E-state index contributed by atoms with van der Waals surface area (Å²) in [5.41, 5.74) is 4.37. The van der Waals surface area contributed by atoms with E-state index in [-0.39, 0.29) is 11.6 Å². The Labute approximate surface area is 161 Å². The fourth-order valence-electron chi connectivity index (χ4n) is 3.25. The molecule has 0 radical (unpaired) electrons. The van der Waals surface area contributed by atoms with Crippen molar-refractivity contribution in [1.29, 1.82) is 0 Å². The Kier molecular flexibility index (Phi) is 4.46. The monoisotopic (exact) mass is 378 g/mol. The maximum Gasteiger partial charge on any atom is 0.253 e. The number of hydrogen-bond acceptors (Lipinski definition) is 3. The lowest BCUT2D eigenvalue weighted by atomic mass is 10.1. The largest absolute Gasteiger partial charge is 0.378 e. The van der Waals surface area contributed by atoms with Crippen molar-refractivity contribution in [2.24, 2.45) is 7.05 Å². The van der Waals surface area contributed by atoms with Gasteiger partial charge in [-0.2, -0.15) is 0 Å². The number of aromatic nitrogens is 3. The third kappa shape index (κ3) is 3.46. The second-order valence-electron chi connectivity index (χ2n) is 6.62. The first kappa shape index (κ1) is 17.4. The minimum Gasteiger partial charge on any atom is -0.378 e. The first-order chi connectivity index (χ1) is 13.0. The van der Waals surface area contributed by atoms with Crippen molar-refractivity contribution in [2.45, 2.75) is 13.0 Å². The van der Waals surface area contributed by atoms with Crippen molar-refractivity contribution in [3.8, 4) is 11.3 Å². The number of aromatic amines is 1. The van der Waals surface area contributed by atoms with Crippen LogP contribution in [-0.2, 0) is 7.05 Å². The van der Waals surface area contributed by atoms with Gasteiger partial charge in [0.25, 0.3) is 5.56 Å². The number of halogens is 1. The molecule has 0 saturated heterocycles. The molecule has 2 aromatic carbocycles. The van der Waals surface area contributed by atoms with Crippen LogP contribution >= 0.6 is 11.6 Å². The molecule has 0 bridgehead atoms. The quantitative estimate of drug-likeness (QED) is 0.538. The fraction of sp³-hybridized carbons (Fsp3) is 0.143. The van der Waals surface area contributed by atoms with E-state index in [4.69, 9.17) is 11.6 Å². The van der Waals surface area contributed by atoms with Crippen LogP contribution in [-0.4, -0.2) is 14.5 Å². The predicted molar refractivity (Wildman–Crippen MR) is 110 cm³/mol. The van der Waals surface area contributed by atoms with Crippen LogP contribution < -0.4 is 10.9 Å². The zero-order chi connectivity index (χ0) is 19.0. The molecule has 4 rings (SSSR count). The third-order valence-corrected chi connectivity index (χ3v) is 4.89. The number of hydrogen-bond donors (Lipinski definition) is 2. The summed E-state index contributed by atoms with van der Waals surface area (Å²) >= 11 is 6.08. The zero-order valence-corrected chi connectivity index (χ0v) is 15.8. The molecule has 0 aliphatic heterocycles. The smallest absolute Gasteiger partial charge is 0.253 e. The van der Waals surface area contributed by atoms with Crippen LogP contribution in [0, 0.1) is 0 Å². The van der Waals surface area contributed by atoms with Gasteiger partial charge in [0.05, 0.1) is 24.3 Å². The lowest BCUT2D eigenvalue weighted by molar-refractivity contribution is 0.866. The van der Waals surface area contributed by atoms with Crippen LogP contribution in [0.15, 0.2) is 65.8 Å². The molecular formula is C21H19ClN4O. The van der Waals surface area contributed by atoms with Gasteiger partial charge in [-0.25, -0.2) is 4.98 Å². The zero-order valence-electron chi connectivity index (χ0n) is 15.0. The average Bonchev–Trinajstić information content (AvgIpc) is 3.07. The van der Waals surface area contributed by atoms with Crippen LogP contribution in [0.3, 0.4) is 0 Å². The molecule has 1 unspecified atom stereocenters. The second kappa shape index (κ2) is 6.93. The Morgan fingerprint density at radius 2 is 2.04 bits per heavy atom. The number of aryl methyl sites for hydroxylation is 1. The van der Waals surface area contributed by atoms with Crippen LogP contribution in [0.2, 0.25) is 5.02 Å². The van der Waals surface area contributed by atoms with E-state index >= 15 is 0 Å². The van der Waals surface area contributed by atoms with Gasteiger partial charge in [0.2, 0.25) is 0 Å². The van der Waals surface area contributed by atoms with Crippen LogP contribution in [0.4, 0.5) is 5.69 Å². The molecular weight excluding hydrogens is 360 g/mol. The Bertz CT molecular complexity index is 1180. The third-order valence-electron chi connectivity index (χ3n) is 4.66. The van der Waals surface area contributed by atoms with Crippen LogP contribution in [0.5, 0.6) is 0 Å². The van der Waals surface area contributed by atoms with E-state index in [1.54, 1.807) is 12.4 Å². The van der Waals surface area contributed by atoms with E-state index in [0.717, 1.165) is 27.8 Å². The number of anilines is 1. The van der Waals surface area contributed by atoms with Crippen molar-refractivity contribution in [3.63, 3.8) is 0 Å². The van der Waals surface area contributed by atoms with Gasteiger partial charge in [-0.05, 0) is 43.3 Å². The minimum absolute atomic E-state index is 0.104. The maximum absolute atomic E-state index is 12.5. The van der Waals surface area contributed by atoms with Gasteiger partial charge >= 0.3 is 0 Å². The van der Waals surface area contributed by atoms with Gasteiger partial charge in [0.1, 0.15) is 0 Å². The number of pyridine rings is 1. The van der Waals surface area contributed by atoms with E-state index in [1.165, 1.54) is 0 Å². The van der Waals surface area contributed by atoms with Crippen molar-refractivity contribution in [1.82, 2.24) is 14.5 Å². The van der Waals surface area contributed by atoms with E-state index in [1.807, 2.05) is 61.1 Å². The summed E-state index contributed by atoms with van der Waals surface area (Å²) in [4.78, 5) is 19.6. The molecule has 2 N–H and O–H groups in total. The van der Waals surface area contributed by atoms with Crippen LogP contribution in [0.1, 0.15) is 18.5 Å². The molecule has 2 heterocycles. The summed E-state index contributed by atoms with van der Waals surface area (Å²) in [6.07, 6.45) is 3.61. The van der Waals surface area contributed by atoms with Gasteiger partial charge in [0, 0.05) is 39.8 Å². The normalized spacial score (nSPS) is 12.3. The van der Waals surface area contributed by atoms with Gasteiger partial charge in [-0.3, -0.25) is 4.79 Å². The lowest BCUT2D eigenvalue weighted by Crippen LogP contribution is -2.19. The number of benzene rings is 2. The van der Waals surface area contributed by atoms with E-state index < -0.39 is 0 Å². The summed E-state index contributed by atoms with van der Waals surface area (Å²) < 4.78 is 1.97. The molecule has 6 heteroatoms. The van der Waals surface area contributed by atoms with E-state index in [9.17, 15) is 4.79 Å². The molecule has 0 spiro atoms. The SMILES string of the molecule is CC(Nc1cccc(-c2cncn2C)c1)c1cc2cc(Cl)ccc2[nH]c1=O. The van der Waals surface area contributed by atoms with Gasteiger partial charge < -0.3 is 14.9 Å². The molecule has 0 aliphatic carbocycles. The van der Waals surface area contributed by atoms with Crippen molar-refractivity contribution in [2.75, 3.05) is 5.32 Å². The minimum atomic E-state index is -0.168. The van der Waals surface area contributed by atoms with Crippen molar-refractivity contribution in [3.05, 3.63) is 82.0 Å². The number of nitrogens with zero attached hydrogens (tertiary/aromatic N) is 2. The standard InChI is InChI=1S/C21H19ClN4O/c1-13(18-10-15-8-16(22)6-7-19(15)25-21(18)27)24-17-5-3-4-14(9-17)20-11-23-12-26(20)2/h3-13,24H,1-2H3,(H,25,27). The highest BCUT2D eigenvalue weighted by molar-refractivity contribution is 6.31. The first-order valence-corrected chi connectivity index (χ1v) is 9.05. The summed E-state index contributed by atoms with van der Waals surface area (Å²) in [5, 5.41) is 4.97. The Balaban J connectivity index is 1.65. The summed E-state index contributed by atoms with van der Waals surface area (Å²) in [6, 6.07) is 15.2.